The molecular weight excluding hydrogens is 500 g/mol. The van der Waals surface area contributed by atoms with Crippen LogP contribution >= 0.6 is 11.3 Å². The average molecular weight is 529 g/mol. The van der Waals surface area contributed by atoms with Gasteiger partial charge in [-0.1, -0.05) is 49.4 Å². The molecule has 8 heteroatoms. The summed E-state index contributed by atoms with van der Waals surface area (Å²) in [7, 11) is 1.59. The van der Waals surface area contributed by atoms with E-state index in [4.69, 9.17) is 9.47 Å². The summed E-state index contributed by atoms with van der Waals surface area (Å²) in [6.07, 6.45) is 0. The molecule has 1 amide bonds. The van der Waals surface area contributed by atoms with Gasteiger partial charge in [0, 0.05) is 5.56 Å². The molecule has 38 heavy (non-hydrogen) atoms. The Labute approximate surface area is 225 Å². The maximum absolute atomic E-state index is 13.5. The third-order valence-electron chi connectivity index (χ3n) is 6.59. The second-order valence-corrected chi connectivity index (χ2v) is 10.3. The molecule has 1 unspecified atom stereocenters. The number of thiazole rings is 1. The van der Waals surface area contributed by atoms with E-state index in [1.807, 2.05) is 43.3 Å². The molecule has 1 aromatic heterocycles. The molecule has 0 bridgehead atoms. The first-order valence-corrected chi connectivity index (χ1v) is 13.2. The van der Waals surface area contributed by atoms with Gasteiger partial charge >= 0.3 is 5.91 Å². The third-order valence-corrected chi connectivity index (χ3v) is 7.61. The van der Waals surface area contributed by atoms with Crippen LogP contribution in [0.5, 0.6) is 11.5 Å². The zero-order valence-electron chi connectivity index (χ0n) is 21.6. The van der Waals surface area contributed by atoms with E-state index >= 15 is 0 Å². The number of benzene rings is 3. The van der Waals surface area contributed by atoms with Crippen LogP contribution < -0.4 is 14.4 Å². The predicted molar refractivity (Wildman–Crippen MR) is 149 cm³/mol. The van der Waals surface area contributed by atoms with E-state index in [1.54, 1.807) is 37.4 Å². The van der Waals surface area contributed by atoms with Gasteiger partial charge in [-0.25, -0.2) is 4.98 Å². The second kappa shape index (κ2) is 10.3. The molecule has 2 heterocycles. The SMILES string of the molecule is CCOc1ccc(C(O)=C2C(=O)C(=O)N(c3nc4ccc(OC)cc4s3)C2c2ccc(C(C)C)cc2)cc1. The Balaban J connectivity index is 1.67. The number of anilines is 1. The monoisotopic (exact) mass is 528 g/mol. The van der Waals surface area contributed by atoms with E-state index in [-0.39, 0.29) is 11.3 Å². The lowest BCUT2D eigenvalue weighted by atomic mass is 9.93. The fourth-order valence-electron chi connectivity index (χ4n) is 4.56. The van der Waals surface area contributed by atoms with Gasteiger partial charge in [0.25, 0.3) is 5.78 Å². The molecule has 0 spiro atoms. The molecule has 1 aliphatic rings. The normalized spacial score (nSPS) is 17.0. The number of carbonyl (C=O) groups is 2. The van der Waals surface area contributed by atoms with Gasteiger partial charge in [-0.05, 0) is 66.4 Å². The Morgan fingerprint density at radius 1 is 1.03 bits per heavy atom. The molecule has 7 nitrogen and oxygen atoms in total. The Morgan fingerprint density at radius 3 is 2.34 bits per heavy atom. The second-order valence-electron chi connectivity index (χ2n) is 9.28. The summed E-state index contributed by atoms with van der Waals surface area (Å²) >= 11 is 1.29. The number of methoxy groups -OCH3 is 1. The largest absolute Gasteiger partial charge is 0.507 e. The van der Waals surface area contributed by atoms with Crippen LogP contribution in [0.3, 0.4) is 0 Å². The lowest BCUT2D eigenvalue weighted by Crippen LogP contribution is -2.29. The molecule has 5 rings (SSSR count). The van der Waals surface area contributed by atoms with Gasteiger partial charge in [-0.3, -0.25) is 14.5 Å². The first-order valence-electron chi connectivity index (χ1n) is 12.4. The Bertz CT molecular complexity index is 1540. The van der Waals surface area contributed by atoms with Gasteiger partial charge in [-0.2, -0.15) is 0 Å². The van der Waals surface area contributed by atoms with Crippen LogP contribution in [0.1, 0.15) is 49.4 Å². The van der Waals surface area contributed by atoms with Crippen molar-refractivity contribution in [1.82, 2.24) is 4.98 Å². The van der Waals surface area contributed by atoms with Crippen LogP contribution in [0, 0.1) is 0 Å². The van der Waals surface area contributed by atoms with Crippen molar-refractivity contribution in [2.75, 3.05) is 18.6 Å². The van der Waals surface area contributed by atoms with Crippen molar-refractivity contribution >= 4 is 44.1 Å². The summed E-state index contributed by atoms with van der Waals surface area (Å²) in [6, 6.07) is 19.2. The number of aliphatic hydroxyl groups is 1. The maximum atomic E-state index is 13.5. The molecule has 1 aliphatic heterocycles. The molecule has 1 atom stereocenters. The number of Topliss-reactive ketones (excluding diaryl/α,β-unsaturated/α-hetero) is 1. The lowest BCUT2D eigenvalue weighted by Gasteiger charge is -2.23. The summed E-state index contributed by atoms with van der Waals surface area (Å²) in [6.45, 7) is 6.60. The molecular formula is C30H28N2O5S. The Hall–Kier alpha value is -4.17. The van der Waals surface area contributed by atoms with Crippen molar-refractivity contribution in [1.29, 1.82) is 0 Å². The Morgan fingerprint density at radius 2 is 1.71 bits per heavy atom. The molecule has 0 saturated carbocycles. The minimum Gasteiger partial charge on any atom is -0.507 e. The number of ether oxygens (including phenoxy) is 2. The summed E-state index contributed by atoms with van der Waals surface area (Å²) in [4.78, 5) is 33.0. The van der Waals surface area contributed by atoms with Crippen LogP contribution in [0.15, 0.2) is 72.3 Å². The van der Waals surface area contributed by atoms with Crippen LogP contribution in [-0.2, 0) is 9.59 Å². The fourth-order valence-corrected chi connectivity index (χ4v) is 5.58. The number of aromatic nitrogens is 1. The number of amides is 1. The van der Waals surface area contributed by atoms with Gasteiger partial charge in [-0.15, -0.1) is 0 Å². The van der Waals surface area contributed by atoms with Gasteiger partial charge in [0.05, 0.1) is 35.5 Å². The third kappa shape index (κ3) is 4.52. The lowest BCUT2D eigenvalue weighted by molar-refractivity contribution is -0.132. The van der Waals surface area contributed by atoms with Gasteiger partial charge in [0.15, 0.2) is 5.13 Å². The van der Waals surface area contributed by atoms with Crippen molar-refractivity contribution in [3.8, 4) is 11.5 Å². The van der Waals surface area contributed by atoms with Crippen molar-refractivity contribution in [2.45, 2.75) is 32.7 Å². The van der Waals surface area contributed by atoms with Crippen molar-refractivity contribution < 1.29 is 24.2 Å². The van der Waals surface area contributed by atoms with Crippen LogP contribution in [-0.4, -0.2) is 35.5 Å². The van der Waals surface area contributed by atoms with Gasteiger partial charge in [0.2, 0.25) is 0 Å². The molecule has 1 saturated heterocycles. The van der Waals surface area contributed by atoms with E-state index in [9.17, 15) is 14.7 Å². The van der Waals surface area contributed by atoms with E-state index in [0.29, 0.717) is 45.8 Å². The van der Waals surface area contributed by atoms with E-state index in [1.165, 1.54) is 16.2 Å². The molecule has 0 aliphatic carbocycles. The summed E-state index contributed by atoms with van der Waals surface area (Å²) < 4.78 is 11.7. The highest BCUT2D eigenvalue weighted by atomic mass is 32.1. The minimum absolute atomic E-state index is 0.0216. The zero-order chi connectivity index (χ0) is 27.0. The fraction of sp³-hybridized carbons (Fsp3) is 0.233. The molecule has 194 valence electrons. The topological polar surface area (TPSA) is 89.0 Å². The van der Waals surface area contributed by atoms with Crippen molar-refractivity contribution in [3.63, 3.8) is 0 Å². The van der Waals surface area contributed by atoms with Crippen molar-refractivity contribution in [3.05, 3.63) is 89.0 Å². The highest BCUT2D eigenvalue weighted by Crippen LogP contribution is 2.45. The van der Waals surface area contributed by atoms with Gasteiger partial charge < -0.3 is 14.6 Å². The number of ketones is 1. The zero-order valence-corrected chi connectivity index (χ0v) is 22.4. The number of hydrogen-bond acceptors (Lipinski definition) is 7. The summed E-state index contributed by atoms with van der Waals surface area (Å²) in [5.74, 6) is -0.0953. The smallest absolute Gasteiger partial charge is 0.301 e. The number of nitrogens with zero attached hydrogens (tertiary/aromatic N) is 2. The summed E-state index contributed by atoms with van der Waals surface area (Å²) in [5, 5.41) is 11.8. The first kappa shape index (κ1) is 25.5. The predicted octanol–water partition coefficient (Wildman–Crippen LogP) is 6.45. The molecule has 1 fully saturated rings. The number of rotatable bonds is 7. The molecule has 1 N–H and O–H groups in total. The first-order chi connectivity index (χ1) is 18.3. The standard InChI is InChI=1S/C30H28N2O5S/c1-5-37-21-12-10-20(11-13-21)27(33)25-26(19-8-6-18(7-9-19)17(2)3)32(29(35)28(25)34)30-31-23-15-14-22(36-4)16-24(23)38-30/h6-17,26,33H,5H2,1-4H3. The Kier molecular flexibility index (Phi) is 6.91. The van der Waals surface area contributed by atoms with E-state index in [0.717, 1.165) is 10.3 Å². The van der Waals surface area contributed by atoms with Gasteiger partial charge in [0.1, 0.15) is 17.3 Å². The highest BCUT2D eigenvalue weighted by Gasteiger charge is 2.48. The molecule has 4 aromatic rings. The summed E-state index contributed by atoms with van der Waals surface area (Å²) in [5.41, 5.74) is 2.97. The highest BCUT2D eigenvalue weighted by molar-refractivity contribution is 7.22. The minimum atomic E-state index is -0.842. The molecule has 3 aromatic carbocycles. The van der Waals surface area contributed by atoms with E-state index in [2.05, 4.69) is 18.8 Å². The number of carbonyl (C=O) groups excluding carboxylic acids is 2. The van der Waals surface area contributed by atoms with Crippen LogP contribution in [0.25, 0.3) is 16.0 Å². The van der Waals surface area contributed by atoms with Crippen LogP contribution in [0.2, 0.25) is 0 Å². The average Bonchev–Trinajstić information content (AvgIpc) is 3.46. The maximum Gasteiger partial charge on any atom is 0.301 e. The number of hydrogen-bond donors (Lipinski definition) is 1. The number of fused-ring (bicyclic) bond motifs is 1. The quantitative estimate of drug-likeness (QED) is 0.168. The van der Waals surface area contributed by atoms with E-state index < -0.39 is 17.7 Å². The molecule has 0 radical (unpaired) electrons. The van der Waals surface area contributed by atoms with Crippen LogP contribution in [0.4, 0.5) is 5.13 Å². The van der Waals surface area contributed by atoms with Crippen molar-refractivity contribution in [2.24, 2.45) is 0 Å². The number of aliphatic hydroxyl groups excluding tert-OH is 1.